The molecule has 0 aliphatic carbocycles. The smallest absolute Gasteiger partial charge is 0.320 e. The number of halogens is 1. The Kier molecular flexibility index (Phi) is 5.12. The molecule has 1 aromatic heterocycles. The minimum atomic E-state index is -0.247. The van der Waals surface area contributed by atoms with E-state index >= 15 is 0 Å². The van der Waals surface area contributed by atoms with Gasteiger partial charge in [0.25, 0.3) is 0 Å². The Balaban J connectivity index is 1.78. The highest BCUT2D eigenvalue weighted by molar-refractivity contribution is 9.10. The van der Waals surface area contributed by atoms with Gasteiger partial charge in [0, 0.05) is 17.2 Å². The molecule has 0 saturated carbocycles. The number of aromatic nitrogens is 1. The summed E-state index contributed by atoms with van der Waals surface area (Å²) in [5, 5.41) is 5.50. The van der Waals surface area contributed by atoms with Gasteiger partial charge in [-0.15, -0.1) is 0 Å². The molecule has 4 nitrogen and oxygen atoms in total. The van der Waals surface area contributed by atoms with Crippen LogP contribution in [-0.4, -0.2) is 17.6 Å². The number of rotatable bonds is 4. The third kappa shape index (κ3) is 4.66. The first-order valence-corrected chi connectivity index (χ1v) is 7.15. The van der Waals surface area contributed by atoms with Crippen molar-refractivity contribution >= 4 is 27.8 Å². The number of nitrogens with one attached hydrogen (secondary N) is 2. The largest absolute Gasteiger partial charge is 0.337 e. The van der Waals surface area contributed by atoms with Crippen LogP contribution in [0.15, 0.2) is 47.1 Å². The fraction of sp³-hybridized carbons (Fsp3) is 0.200. The Morgan fingerprint density at radius 3 is 2.90 bits per heavy atom. The molecule has 2 aromatic rings. The van der Waals surface area contributed by atoms with Crippen molar-refractivity contribution in [2.24, 2.45) is 0 Å². The molecule has 0 saturated heterocycles. The fourth-order valence-electron chi connectivity index (χ4n) is 1.82. The predicted molar refractivity (Wildman–Crippen MR) is 83.8 cm³/mol. The maximum Gasteiger partial charge on any atom is 0.320 e. The zero-order chi connectivity index (χ0) is 14.4. The molecule has 0 aliphatic heterocycles. The highest BCUT2D eigenvalue weighted by Crippen LogP contribution is 2.12. The van der Waals surface area contributed by atoms with E-state index in [-0.39, 0.29) is 6.03 Å². The lowest BCUT2D eigenvalue weighted by molar-refractivity contribution is 0.252. The highest BCUT2D eigenvalue weighted by atomic mass is 79.9. The summed E-state index contributed by atoms with van der Waals surface area (Å²) in [4.78, 5) is 15.8. The molecule has 2 rings (SSSR count). The second-order valence-corrected chi connectivity index (χ2v) is 5.39. The van der Waals surface area contributed by atoms with E-state index in [2.05, 4.69) is 56.7 Å². The second-order valence-electron chi connectivity index (χ2n) is 4.48. The van der Waals surface area contributed by atoms with E-state index < -0.39 is 0 Å². The number of pyridine rings is 1. The van der Waals surface area contributed by atoms with Crippen LogP contribution in [0.2, 0.25) is 0 Å². The summed E-state index contributed by atoms with van der Waals surface area (Å²) < 4.78 is 0.877. The molecule has 0 aliphatic rings. The Labute approximate surface area is 126 Å². The molecule has 0 spiro atoms. The van der Waals surface area contributed by atoms with Crippen LogP contribution in [0.4, 0.5) is 10.6 Å². The van der Waals surface area contributed by atoms with Crippen molar-refractivity contribution in [3.8, 4) is 0 Å². The third-order valence-electron chi connectivity index (χ3n) is 2.75. The minimum absolute atomic E-state index is 0.247. The van der Waals surface area contributed by atoms with Gasteiger partial charge in [-0.2, -0.15) is 0 Å². The lowest BCUT2D eigenvalue weighted by Gasteiger charge is -2.07. The number of hydrogen-bond acceptors (Lipinski definition) is 2. The first kappa shape index (κ1) is 14.5. The van der Waals surface area contributed by atoms with Crippen LogP contribution in [0, 0.1) is 6.92 Å². The van der Waals surface area contributed by atoms with Crippen LogP contribution < -0.4 is 10.6 Å². The third-order valence-corrected chi connectivity index (χ3v) is 3.24. The Hall–Kier alpha value is -1.88. The topological polar surface area (TPSA) is 54.0 Å². The normalized spacial score (nSPS) is 10.1. The van der Waals surface area contributed by atoms with Gasteiger partial charge in [-0.1, -0.05) is 45.8 Å². The van der Waals surface area contributed by atoms with Gasteiger partial charge in [0.05, 0.1) is 0 Å². The molecule has 0 fully saturated rings. The molecular formula is C15H16BrN3O. The first-order valence-electron chi connectivity index (χ1n) is 6.35. The van der Waals surface area contributed by atoms with Gasteiger partial charge in [0.2, 0.25) is 0 Å². The number of nitrogens with zero attached hydrogens (tertiary/aromatic N) is 1. The van der Waals surface area contributed by atoms with Crippen molar-refractivity contribution < 1.29 is 4.79 Å². The molecule has 1 aromatic carbocycles. The molecule has 5 heteroatoms. The van der Waals surface area contributed by atoms with Crippen molar-refractivity contribution in [2.75, 3.05) is 11.9 Å². The number of carbonyl (C=O) groups excluding carboxylic acids is 1. The van der Waals surface area contributed by atoms with Crippen LogP contribution in [0.3, 0.4) is 0 Å². The molecule has 20 heavy (non-hydrogen) atoms. The lowest BCUT2D eigenvalue weighted by atomic mass is 10.1. The van der Waals surface area contributed by atoms with Gasteiger partial charge in [-0.3, -0.25) is 5.32 Å². The molecule has 0 radical (unpaired) electrons. The van der Waals surface area contributed by atoms with E-state index in [9.17, 15) is 4.79 Å². The van der Waals surface area contributed by atoms with Crippen LogP contribution in [0.5, 0.6) is 0 Å². The zero-order valence-corrected chi connectivity index (χ0v) is 12.8. The molecule has 104 valence electrons. The van der Waals surface area contributed by atoms with Crippen molar-refractivity contribution in [3.05, 3.63) is 58.2 Å². The van der Waals surface area contributed by atoms with E-state index in [4.69, 9.17) is 0 Å². The summed E-state index contributed by atoms with van der Waals surface area (Å²) in [6.07, 6.45) is 2.44. The van der Waals surface area contributed by atoms with Crippen LogP contribution in [-0.2, 0) is 6.42 Å². The minimum Gasteiger partial charge on any atom is -0.337 e. The summed E-state index contributed by atoms with van der Waals surface area (Å²) in [5.41, 5.74) is 2.44. The van der Waals surface area contributed by atoms with Crippen LogP contribution in [0.25, 0.3) is 0 Å². The quantitative estimate of drug-likeness (QED) is 0.899. The molecule has 1 heterocycles. The standard InChI is InChI=1S/C15H16BrN3O/c1-11-3-2-4-12(9-11)5-7-18-15(20)19-14-10-13(16)6-8-17-14/h2-4,6,8-10H,5,7H2,1H3,(H2,17,18,19,20). The van der Waals surface area contributed by atoms with Gasteiger partial charge < -0.3 is 5.32 Å². The first-order chi connectivity index (χ1) is 9.63. The second kappa shape index (κ2) is 7.05. The monoisotopic (exact) mass is 333 g/mol. The average molecular weight is 334 g/mol. The Morgan fingerprint density at radius 1 is 1.30 bits per heavy atom. The highest BCUT2D eigenvalue weighted by Gasteiger charge is 2.02. The van der Waals surface area contributed by atoms with E-state index in [0.717, 1.165) is 10.9 Å². The average Bonchev–Trinajstić information content (AvgIpc) is 2.38. The number of anilines is 1. The number of aryl methyl sites for hydroxylation is 1. The van der Waals surface area contributed by atoms with Gasteiger partial charge in [0.1, 0.15) is 5.82 Å². The van der Waals surface area contributed by atoms with Crippen molar-refractivity contribution in [2.45, 2.75) is 13.3 Å². The number of carbonyl (C=O) groups is 1. The summed E-state index contributed by atoms with van der Waals surface area (Å²) in [5.74, 6) is 0.521. The zero-order valence-electron chi connectivity index (χ0n) is 11.2. The van der Waals surface area contributed by atoms with Gasteiger partial charge in [0.15, 0.2) is 0 Å². The molecule has 0 unspecified atom stereocenters. The number of amides is 2. The van der Waals surface area contributed by atoms with Crippen LogP contribution >= 0.6 is 15.9 Å². The predicted octanol–water partition coefficient (Wildman–Crippen LogP) is 3.52. The lowest BCUT2D eigenvalue weighted by Crippen LogP contribution is -2.30. The molecular weight excluding hydrogens is 318 g/mol. The molecule has 0 atom stereocenters. The van der Waals surface area contributed by atoms with Crippen molar-refractivity contribution in [3.63, 3.8) is 0 Å². The van der Waals surface area contributed by atoms with Crippen molar-refractivity contribution in [1.82, 2.24) is 10.3 Å². The molecule has 2 amide bonds. The van der Waals surface area contributed by atoms with E-state index in [1.54, 1.807) is 18.3 Å². The maximum absolute atomic E-state index is 11.7. The van der Waals surface area contributed by atoms with Crippen molar-refractivity contribution in [1.29, 1.82) is 0 Å². The maximum atomic E-state index is 11.7. The number of hydrogen-bond donors (Lipinski definition) is 2. The molecule has 0 bridgehead atoms. The molecule has 2 N–H and O–H groups in total. The fourth-order valence-corrected chi connectivity index (χ4v) is 2.16. The summed E-state index contributed by atoms with van der Waals surface area (Å²) >= 11 is 3.33. The number of urea groups is 1. The van der Waals surface area contributed by atoms with Gasteiger partial charge in [-0.05, 0) is 31.0 Å². The van der Waals surface area contributed by atoms with Gasteiger partial charge >= 0.3 is 6.03 Å². The van der Waals surface area contributed by atoms with Crippen LogP contribution in [0.1, 0.15) is 11.1 Å². The summed E-state index contributed by atoms with van der Waals surface area (Å²) in [6.45, 7) is 2.64. The SMILES string of the molecule is Cc1cccc(CCNC(=O)Nc2cc(Br)ccn2)c1. The van der Waals surface area contributed by atoms with Gasteiger partial charge in [-0.25, -0.2) is 9.78 Å². The number of benzene rings is 1. The summed E-state index contributed by atoms with van der Waals surface area (Å²) in [6, 6.07) is 11.6. The Morgan fingerprint density at radius 2 is 2.15 bits per heavy atom. The van der Waals surface area contributed by atoms with E-state index in [1.165, 1.54) is 11.1 Å². The Bertz CT molecular complexity index is 601. The van der Waals surface area contributed by atoms with E-state index in [0.29, 0.717) is 12.4 Å². The van der Waals surface area contributed by atoms with E-state index in [1.807, 2.05) is 6.07 Å². The summed E-state index contributed by atoms with van der Waals surface area (Å²) in [7, 11) is 0.